The third-order valence-electron chi connectivity index (χ3n) is 4.64. The zero-order chi connectivity index (χ0) is 29.4. The highest BCUT2D eigenvalue weighted by atomic mass is 31.3. The molecular weight excluding hydrogens is 605 g/mol. The van der Waals surface area contributed by atoms with Gasteiger partial charge in [-0.2, -0.15) is 8.62 Å². The number of aliphatic hydroxyl groups excluding tert-OH is 1. The van der Waals surface area contributed by atoms with E-state index in [-0.39, 0.29) is 23.6 Å². The first-order valence-corrected chi connectivity index (χ1v) is 14.5. The molecule has 0 bridgehead atoms. The number of hydrogen-bond donors (Lipinski definition) is 6. The predicted octanol–water partition coefficient (Wildman–Crippen LogP) is 0.635. The largest absolute Gasteiger partial charge is 0.490 e. The van der Waals surface area contributed by atoms with Crippen molar-refractivity contribution in [2.75, 3.05) is 18.5 Å². The summed E-state index contributed by atoms with van der Waals surface area (Å²) in [6.07, 6.45) is 0.710. The summed E-state index contributed by atoms with van der Waals surface area (Å²) in [6, 6.07) is 0. The first-order chi connectivity index (χ1) is 17.9. The average Bonchev–Trinajstić information content (AvgIpc) is 3.30. The number of rotatable bonds is 10. The fraction of sp³-hybridized carbons (Fsp3) is 0.467. The molecule has 0 aromatic carbocycles. The number of aliphatic hydroxyl groups is 1. The second-order valence-corrected chi connectivity index (χ2v) is 11.7. The van der Waals surface area contributed by atoms with Crippen LogP contribution in [0.15, 0.2) is 12.7 Å². The number of carbonyl (C=O) groups is 1. The van der Waals surface area contributed by atoms with Gasteiger partial charge in [0.15, 0.2) is 29.3 Å². The van der Waals surface area contributed by atoms with Crippen LogP contribution in [0.25, 0.3) is 11.2 Å². The van der Waals surface area contributed by atoms with Crippen molar-refractivity contribution in [1.29, 1.82) is 0 Å². The number of phosphoric ester groups is 1. The minimum Gasteiger partial charge on any atom is -0.450 e. The molecule has 0 spiro atoms. The minimum atomic E-state index is -5.96. The second-order valence-electron chi connectivity index (χ2n) is 7.33. The average molecular weight is 623 g/mol. The lowest BCUT2D eigenvalue weighted by molar-refractivity contribution is -0.203. The van der Waals surface area contributed by atoms with Crippen molar-refractivity contribution < 1.29 is 74.6 Å². The van der Waals surface area contributed by atoms with Gasteiger partial charge in [-0.1, -0.05) is 5.92 Å². The molecule has 3 heterocycles. The van der Waals surface area contributed by atoms with E-state index in [4.69, 9.17) is 25.7 Å². The van der Waals surface area contributed by atoms with E-state index in [1.54, 1.807) is 0 Å². The van der Waals surface area contributed by atoms with Gasteiger partial charge in [-0.15, -0.1) is 6.42 Å². The Balaban J connectivity index is 1.88. The fourth-order valence-electron chi connectivity index (χ4n) is 3.16. The molecule has 24 heteroatoms. The van der Waals surface area contributed by atoms with Crippen molar-refractivity contribution >= 4 is 46.5 Å². The fourth-order valence-corrected chi connectivity index (χ4v) is 6.19. The van der Waals surface area contributed by atoms with Gasteiger partial charge in [0, 0.05) is 0 Å². The molecule has 1 fully saturated rings. The molecule has 0 aliphatic carbocycles. The summed E-state index contributed by atoms with van der Waals surface area (Å²) in [6.45, 7) is -0.354. The van der Waals surface area contributed by atoms with Gasteiger partial charge in [-0.25, -0.2) is 42.2 Å². The van der Waals surface area contributed by atoms with Gasteiger partial charge < -0.3 is 34.2 Å². The molecule has 1 aliphatic rings. The van der Waals surface area contributed by atoms with Crippen LogP contribution < -0.4 is 5.32 Å². The Kier molecular flexibility index (Phi) is 8.66. The van der Waals surface area contributed by atoms with Gasteiger partial charge >= 0.3 is 29.6 Å². The summed E-state index contributed by atoms with van der Waals surface area (Å²) >= 11 is 0. The maximum absolute atomic E-state index is 15.7. The second kappa shape index (κ2) is 10.9. The first-order valence-electron chi connectivity index (χ1n) is 9.97. The van der Waals surface area contributed by atoms with E-state index in [1.807, 2.05) is 0 Å². The monoisotopic (exact) mass is 623 g/mol. The lowest BCUT2D eigenvalue weighted by Crippen LogP contribution is -2.47. The number of fused-ring (bicyclic) bond motifs is 1. The van der Waals surface area contributed by atoms with Crippen molar-refractivity contribution in [2.45, 2.75) is 30.8 Å². The van der Waals surface area contributed by atoms with Crippen LogP contribution in [0, 0.1) is 12.3 Å². The molecule has 19 nitrogen and oxygen atoms in total. The van der Waals surface area contributed by atoms with Gasteiger partial charge in [0.1, 0.15) is 12.9 Å². The number of halogens is 2. The molecule has 0 saturated carbocycles. The molecule has 1 saturated heterocycles. The van der Waals surface area contributed by atoms with Crippen LogP contribution in [0.3, 0.4) is 0 Å². The highest BCUT2D eigenvalue weighted by Crippen LogP contribution is 2.66. The van der Waals surface area contributed by atoms with E-state index < -0.39 is 60.0 Å². The molecule has 2 aromatic heterocycles. The van der Waals surface area contributed by atoms with Gasteiger partial charge in [0.05, 0.1) is 12.9 Å². The highest BCUT2D eigenvalue weighted by Gasteiger charge is 2.67. The van der Waals surface area contributed by atoms with E-state index in [1.165, 1.54) is 12.8 Å². The summed E-state index contributed by atoms with van der Waals surface area (Å²) in [5.41, 5.74) is -3.93. The number of anilines is 1. The maximum atomic E-state index is 15.7. The molecule has 1 amide bonds. The molecule has 3 rings (SSSR count). The quantitative estimate of drug-likeness (QED) is 0.156. The van der Waals surface area contributed by atoms with Gasteiger partial charge in [0.2, 0.25) is 5.67 Å². The molecule has 2 unspecified atom stereocenters. The predicted molar refractivity (Wildman–Crippen MR) is 118 cm³/mol. The number of carbonyl (C=O) groups excluding carboxylic acids is 1. The zero-order valence-electron chi connectivity index (χ0n) is 19.1. The van der Waals surface area contributed by atoms with Crippen LogP contribution in [0.2, 0.25) is 0 Å². The number of hydrogen-bond acceptors (Lipinski definition) is 13. The van der Waals surface area contributed by atoms with Crippen LogP contribution >= 0.6 is 23.5 Å². The number of terminal acetylenes is 1. The Morgan fingerprint density at radius 3 is 2.46 bits per heavy atom. The van der Waals surface area contributed by atoms with E-state index in [9.17, 15) is 33.4 Å². The van der Waals surface area contributed by atoms with Gasteiger partial charge in [0.25, 0.3) is 5.85 Å². The molecule has 6 N–H and O–H groups in total. The Bertz CT molecular complexity index is 1450. The standard InChI is InChI=1S/C15H18F2N5O14P3/c1-3-14(16)11(23)15(17,5-33-38(28,29)36-39(30,31)35-37(25,26)27)34-12(14)22-7-20-8-9(18-6-19-10(8)22)21-13(24)32-4-2/h1,6-7,11-12,23H,4-5H2,2H3,(H,28,29)(H,30,31)(H2,25,26,27)(H,18,19,21,24)/t11-,12+,14+,15+/m0/s1. The highest BCUT2D eigenvalue weighted by molar-refractivity contribution is 7.66. The van der Waals surface area contributed by atoms with E-state index >= 15 is 8.78 Å². The molecular formula is C15H18F2N5O14P3. The van der Waals surface area contributed by atoms with Crippen LogP contribution in [-0.2, 0) is 36.3 Å². The lowest BCUT2D eigenvalue weighted by atomic mass is 9.96. The van der Waals surface area contributed by atoms with E-state index in [2.05, 4.69) is 33.4 Å². The van der Waals surface area contributed by atoms with Crippen molar-refractivity contribution in [2.24, 2.45) is 0 Å². The van der Waals surface area contributed by atoms with Crippen molar-refractivity contribution in [1.82, 2.24) is 19.5 Å². The number of phosphoric acid groups is 3. The summed E-state index contributed by atoms with van der Waals surface area (Å²) in [4.78, 5) is 59.0. The SMILES string of the molecule is C#C[C@]1(F)[C@H](n2cnc3c(NC(=O)OCC)ncnc32)O[C@](F)(COP(=O)(O)OP(=O)(O)OP(=O)(O)O)[C@H]1O. The van der Waals surface area contributed by atoms with Gasteiger partial charge in [-0.3, -0.25) is 14.4 Å². The van der Waals surface area contributed by atoms with Crippen LogP contribution in [0.1, 0.15) is 13.2 Å². The smallest absolute Gasteiger partial charge is 0.450 e. The summed E-state index contributed by atoms with van der Waals surface area (Å²) in [7, 11) is -17.6. The number of amides is 1. The van der Waals surface area contributed by atoms with Crippen LogP contribution in [-0.4, -0.2) is 81.1 Å². The summed E-state index contributed by atoms with van der Waals surface area (Å²) in [5, 5.41) is 12.6. The summed E-state index contributed by atoms with van der Waals surface area (Å²) < 4.78 is 86.7. The maximum Gasteiger partial charge on any atom is 0.490 e. The molecule has 0 radical (unpaired) electrons. The number of nitrogens with one attached hydrogen (secondary N) is 1. The summed E-state index contributed by atoms with van der Waals surface area (Å²) in [5.74, 6) is -2.48. The number of imidazole rings is 1. The number of ether oxygens (including phenoxy) is 2. The minimum absolute atomic E-state index is 0.00780. The Morgan fingerprint density at radius 1 is 1.21 bits per heavy atom. The first kappa shape index (κ1) is 31.1. The molecule has 39 heavy (non-hydrogen) atoms. The van der Waals surface area contributed by atoms with E-state index in [0.717, 1.165) is 12.7 Å². The zero-order valence-corrected chi connectivity index (χ0v) is 21.8. The lowest BCUT2D eigenvalue weighted by Gasteiger charge is -2.25. The normalized spacial score (nSPS) is 28.4. The van der Waals surface area contributed by atoms with Crippen molar-refractivity contribution in [3.8, 4) is 12.3 Å². The number of aromatic nitrogens is 4. The van der Waals surface area contributed by atoms with Crippen molar-refractivity contribution in [3.63, 3.8) is 0 Å². The molecule has 6 atom stereocenters. The Hall–Kier alpha value is -2.43. The Morgan fingerprint density at radius 2 is 1.87 bits per heavy atom. The molecule has 1 aliphatic heterocycles. The van der Waals surface area contributed by atoms with Crippen molar-refractivity contribution in [3.05, 3.63) is 12.7 Å². The molecule has 2 aromatic rings. The number of nitrogens with zero attached hydrogens (tertiary/aromatic N) is 4. The van der Waals surface area contributed by atoms with Gasteiger partial charge in [-0.05, 0) is 6.92 Å². The number of alkyl halides is 2. The van der Waals surface area contributed by atoms with Crippen LogP contribution in [0.5, 0.6) is 0 Å². The molecule has 216 valence electrons. The Labute approximate surface area is 215 Å². The third kappa shape index (κ3) is 6.84. The van der Waals surface area contributed by atoms with E-state index in [0.29, 0.717) is 4.57 Å². The van der Waals surface area contributed by atoms with Crippen LogP contribution in [0.4, 0.5) is 19.4 Å². The third-order valence-corrected chi connectivity index (χ3v) is 8.42. The topological polar surface area (TPSA) is 271 Å².